The van der Waals surface area contributed by atoms with Gasteiger partial charge >= 0.3 is 6.18 Å². The SMILES string of the molecule is Cc1c(SCCCOCCOCC(F)(F)F)ccnc1CO. The van der Waals surface area contributed by atoms with E-state index < -0.39 is 12.8 Å². The van der Waals surface area contributed by atoms with Crippen LogP contribution in [0.15, 0.2) is 17.2 Å². The summed E-state index contributed by atoms with van der Waals surface area (Å²) in [5.74, 6) is 0.819. The lowest BCUT2D eigenvalue weighted by molar-refractivity contribution is -0.176. The number of thioether (sulfide) groups is 1. The number of alkyl halides is 3. The molecule has 126 valence electrons. The van der Waals surface area contributed by atoms with Gasteiger partial charge in [-0.1, -0.05) is 0 Å². The smallest absolute Gasteiger partial charge is 0.390 e. The van der Waals surface area contributed by atoms with E-state index >= 15 is 0 Å². The molecule has 1 N–H and O–H groups in total. The second-order valence-electron chi connectivity index (χ2n) is 4.52. The van der Waals surface area contributed by atoms with E-state index in [2.05, 4.69) is 9.72 Å². The lowest BCUT2D eigenvalue weighted by Crippen LogP contribution is -2.19. The molecular formula is C14H20F3NO3S. The highest BCUT2D eigenvalue weighted by Crippen LogP contribution is 2.24. The number of aliphatic hydroxyl groups excluding tert-OH is 1. The molecule has 22 heavy (non-hydrogen) atoms. The largest absolute Gasteiger partial charge is 0.411 e. The van der Waals surface area contributed by atoms with Crippen LogP contribution in [-0.4, -0.2) is 48.4 Å². The lowest BCUT2D eigenvalue weighted by Gasteiger charge is -2.09. The molecule has 0 fully saturated rings. The molecule has 0 unspecified atom stereocenters. The van der Waals surface area contributed by atoms with Crippen LogP contribution in [0.3, 0.4) is 0 Å². The van der Waals surface area contributed by atoms with Crippen LogP contribution >= 0.6 is 11.8 Å². The average Bonchev–Trinajstić information content (AvgIpc) is 2.46. The first kappa shape index (κ1) is 19.2. The molecule has 1 heterocycles. The zero-order valence-electron chi connectivity index (χ0n) is 12.4. The van der Waals surface area contributed by atoms with E-state index in [-0.39, 0.29) is 19.8 Å². The third-order valence-electron chi connectivity index (χ3n) is 2.74. The Labute approximate surface area is 132 Å². The first-order valence-electron chi connectivity index (χ1n) is 6.84. The maximum absolute atomic E-state index is 11.8. The number of hydrogen-bond acceptors (Lipinski definition) is 5. The Morgan fingerprint density at radius 3 is 2.64 bits per heavy atom. The molecule has 1 aromatic heterocycles. The highest BCUT2D eigenvalue weighted by molar-refractivity contribution is 7.99. The van der Waals surface area contributed by atoms with Crippen LogP contribution in [0, 0.1) is 6.92 Å². The van der Waals surface area contributed by atoms with Crippen molar-refractivity contribution in [2.24, 2.45) is 0 Å². The second-order valence-corrected chi connectivity index (χ2v) is 5.66. The van der Waals surface area contributed by atoms with Gasteiger partial charge in [0.2, 0.25) is 0 Å². The quantitative estimate of drug-likeness (QED) is 0.525. The van der Waals surface area contributed by atoms with E-state index in [0.717, 1.165) is 22.6 Å². The molecule has 0 atom stereocenters. The Morgan fingerprint density at radius 2 is 1.95 bits per heavy atom. The monoisotopic (exact) mass is 339 g/mol. The Balaban J connectivity index is 2.07. The van der Waals surface area contributed by atoms with Gasteiger partial charge in [0, 0.05) is 23.5 Å². The number of ether oxygens (including phenoxy) is 2. The fourth-order valence-electron chi connectivity index (χ4n) is 1.63. The average molecular weight is 339 g/mol. The normalized spacial score (nSPS) is 11.9. The van der Waals surface area contributed by atoms with Crippen LogP contribution < -0.4 is 0 Å². The topological polar surface area (TPSA) is 51.6 Å². The Kier molecular flexibility index (Phi) is 8.77. The molecule has 0 aliphatic carbocycles. The molecule has 8 heteroatoms. The van der Waals surface area contributed by atoms with Crippen molar-refractivity contribution in [2.45, 2.75) is 31.0 Å². The van der Waals surface area contributed by atoms with E-state index in [9.17, 15) is 13.2 Å². The summed E-state index contributed by atoms with van der Waals surface area (Å²) in [6.07, 6.45) is -1.85. The highest BCUT2D eigenvalue weighted by Gasteiger charge is 2.27. The molecule has 0 saturated carbocycles. The summed E-state index contributed by atoms with van der Waals surface area (Å²) in [5, 5.41) is 9.13. The molecule has 0 saturated heterocycles. The fourth-order valence-corrected chi connectivity index (χ4v) is 2.60. The summed E-state index contributed by atoms with van der Waals surface area (Å²) in [5.41, 5.74) is 1.64. The minimum absolute atomic E-state index is 0.0595. The third-order valence-corrected chi connectivity index (χ3v) is 3.98. The summed E-state index contributed by atoms with van der Waals surface area (Å²) in [4.78, 5) is 5.14. The molecule has 0 aromatic carbocycles. The molecule has 1 aromatic rings. The first-order chi connectivity index (χ1) is 10.4. The van der Waals surface area contributed by atoms with Crippen LogP contribution in [0.25, 0.3) is 0 Å². The number of aromatic nitrogens is 1. The summed E-state index contributed by atoms with van der Waals surface area (Å²) in [6, 6.07) is 1.89. The lowest BCUT2D eigenvalue weighted by atomic mass is 10.2. The van der Waals surface area contributed by atoms with Gasteiger partial charge in [0.25, 0.3) is 0 Å². The number of nitrogens with zero attached hydrogens (tertiary/aromatic N) is 1. The zero-order chi connectivity index (χ0) is 16.4. The number of hydrogen-bond donors (Lipinski definition) is 1. The van der Waals surface area contributed by atoms with Crippen LogP contribution in [-0.2, 0) is 16.1 Å². The predicted molar refractivity (Wildman–Crippen MR) is 77.9 cm³/mol. The second kappa shape index (κ2) is 10.0. The molecule has 0 bridgehead atoms. The van der Waals surface area contributed by atoms with Crippen molar-refractivity contribution < 1.29 is 27.8 Å². The van der Waals surface area contributed by atoms with E-state index in [0.29, 0.717) is 12.3 Å². The van der Waals surface area contributed by atoms with Gasteiger partial charge in [-0.15, -0.1) is 11.8 Å². The van der Waals surface area contributed by atoms with Crippen molar-refractivity contribution in [1.82, 2.24) is 4.98 Å². The predicted octanol–water partition coefficient (Wildman–Crippen LogP) is 2.96. The maximum Gasteiger partial charge on any atom is 0.411 e. The summed E-state index contributed by atoms with van der Waals surface area (Å²) >= 11 is 1.64. The molecule has 0 spiro atoms. The number of pyridine rings is 1. The van der Waals surface area contributed by atoms with E-state index in [1.807, 2.05) is 13.0 Å². The van der Waals surface area contributed by atoms with Gasteiger partial charge in [-0.3, -0.25) is 4.98 Å². The maximum atomic E-state index is 11.8. The standard InChI is InChI=1S/C14H20F3NO3S/c1-11-12(9-19)18-4-3-13(11)22-8-2-5-20-6-7-21-10-14(15,16)17/h3-4,19H,2,5-10H2,1H3. The summed E-state index contributed by atoms with van der Waals surface area (Å²) < 4.78 is 45.0. The Hall–Kier alpha value is -0.830. The fraction of sp³-hybridized carbons (Fsp3) is 0.643. The van der Waals surface area contributed by atoms with Crippen molar-refractivity contribution >= 4 is 11.8 Å². The first-order valence-corrected chi connectivity index (χ1v) is 7.83. The minimum Gasteiger partial charge on any atom is -0.390 e. The molecular weight excluding hydrogens is 319 g/mol. The molecule has 0 radical (unpaired) electrons. The van der Waals surface area contributed by atoms with Crippen LogP contribution in [0.1, 0.15) is 17.7 Å². The van der Waals surface area contributed by atoms with Gasteiger partial charge in [0.15, 0.2) is 0 Å². The zero-order valence-corrected chi connectivity index (χ0v) is 13.2. The minimum atomic E-state index is -4.29. The summed E-state index contributed by atoms with van der Waals surface area (Å²) in [6.45, 7) is 1.16. The van der Waals surface area contributed by atoms with Crippen molar-refractivity contribution in [1.29, 1.82) is 0 Å². The number of halogens is 3. The van der Waals surface area contributed by atoms with E-state index in [1.165, 1.54) is 0 Å². The highest BCUT2D eigenvalue weighted by atomic mass is 32.2. The molecule has 0 aliphatic heterocycles. The Bertz CT molecular complexity index is 444. The van der Waals surface area contributed by atoms with Crippen LogP contribution in [0.4, 0.5) is 13.2 Å². The van der Waals surface area contributed by atoms with Gasteiger partial charge in [-0.25, -0.2) is 0 Å². The molecule has 0 amide bonds. The number of rotatable bonds is 10. The molecule has 4 nitrogen and oxygen atoms in total. The van der Waals surface area contributed by atoms with Crippen molar-refractivity contribution in [2.75, 3.05) is 32.2 Å². The van der Waals surface area contributed by atoms with Gasteiger partial charge in [-0.2, -0.15) is 13.2 Å². The van der Waals surface area contributed by atoms with E-state index in [4.69, 9.17) is 9.84 Å². The third kappa shape index (κ3) is 7.98. The Morgan fingerprint density at radius 1 is 1.23 bits per heavy atom. The summed E-state index contributed by atoms with van der Waals surface area (Å²) in [7, 11) is 0. The van der Waals surface area contributed by atoms with Crippen LogP contribution in [0.2, 0.25) is 0 Å². The number of aliphatic hydroxyl groups is 1. The molecule has 0 aliphatic rings. The van der Waals surface area contributed by atoms with Crippen molar-refractivity contribution in [3.8, 4) is 0 Å². The van der Waals surface area contributed by atoms with Crippen molar-refractivity contribution in [3.63, 3.8) is 0 Å². The van der Waals surface area contributed by atoms with Crippen LogP contribution in [0.5, 0.6) is 0 Å². The van der Waals surface area contributed by atoms with Gasteiger partial charge in [0.1, 0.15) is 6.61 Å². The van der Waals surface area contributed by atoms with E-state index in [1.54, 1.807) is 18.0 Å². The van der Waals surface area contributed by atoms with Crippen molar-refractivity contribution in [3.05, 3.63) is 23.5 Å². The van der Waals surface area contributed by atoms with Gasteiger partial charge < -0.3 is 14.6 Å². The molecule has 1 rings (SSSR count). The van der Waals surface area contributed by atoms with Gasteiger partial charge in [0.05, 0.1) is 25.5 Å². The van der Waals surface area contributed by atoms with Gasteiger partial charge in [-0.05, 0) is 25.0 Å².